The van der Waals surface area contributed by atoms with Crippen LogP contribution in [-0.2, 0) is 11.2 Å². The Morgan fingerprint density at radius 3 is 2.84 bits per heavy atom. The summed E-state index contributed by atoms with van der Waals surface area (Å²) in [6, 6.07) is 5.41. The first-order chi connectivity index (χ1) is 9.22. The summed E-state index contributed by atoms with van der Waals surface area (Å²) in [4.78, 5) is 25.1. The molecule has 1 aromatic carbocycles. The van der Waals surface area contributed by atoms with Crippen molar-refractivity contribution >= 4 is 23.3 Å². The van der Waals surface area contributed by atoms with Gasteiger partial charge in [-0.25, -0.2) is 4.79 Å². The Hall–Kier alpha value is -2.08. The summed E-state index contributed by atoms with van der Waals surface area (Å²) in [5, 5.41) is 8.85. The standard InChI is InChI=1S/C13H16N4O2/c18-12-8-9-7-10(1-2-11(9)16-12)15-13(19)17-5-3-14-4-6-17/h1-2,7,14H,3-6,8H2,(H,15,19)(H,16,18). The van der Waals surface area contributed by atoms with E-state index >= 15 is 0 Å². The van der Waals surface area contributed by atoms with E-state index in [0.717, 1.165) is 43.1 Å². The maximum Gasteiger partial charge on any atom is 0.321 e. The van der Waals surface area contributed by atoms with Gasteiger partial charge in [-0.1, -0.05) is 0 Å². The first-order valence-electron chi connectivity index (χ1n) is 6.42. The molecule has 0 radical (unpaired) electrons. The molecule has 0 saturated carbocycles. The highest BCUT2D eigenvalue weighted by Gasteiger charge is 2.19. The van der Waals surface area contributed by atoms with Gasteiger partial charge in [-0.3, -0.25) is 4.79 Å². The second-order valence-electron chi connectivity index (χ2n) is 4.76. The minimum absolute atomic E-state index is 0.000538. The monoisotopic (exact) mass is 260 g/mol. The maximum atomic E-state index is 12.0. The fourth-order valence-corrected chi connectivity index (χ4v) is 2.38. The Kier molecular flexibility index (Phi) is 3.08. The molecule has 0 aliphatic carbocycles. The predicted molar refractivity (Wildman–Crippen MR) is 72.2 cm³/mol. The molecule has 0 aromatic heterocycles. The van der Waals surface area contributed by atoms with E-state index in [0.29, 0.717) is 6.42 Å². The molecule has 100 valence electrons. The number of nitrogens with one attached hydrogen (secondary N) is 3. The molecule has 2 aliphatic heterocycles. The number of nitrogens with zero attached hydrogens (tertiary/aromatic N) is 1. The van der Waals surface area contributed by atoms with Crippen molar-refractivity contribution in [2.24, 2.45) is 0 Å². The molecule has 3 rings (SSSR count). The van der Waals surface area contributed by atoms with Crippen LogP contribution in [0.5, 0.6) is 0 Å². The lowest BCUT2D eigenvalue weighted by molar-refractivity contribution is -0.115. The average Bonchev–Trinajstić information content (AvgIpc) is 2.79. The minimum Gasteiger partial charge on any atom is -0.326 e. The van der Waals surface area contributed by atoms with Gasteiger partial charge in [0.15, 0.2) is 0 Å². The second-order valence-corrected chi connectivity index (χ2v) is 4.76. The highest BCUT2D eigenvalue weighted by atomic mass is 16.2. The number of carbonyl (C=O) groups excluding carboxylic acids is 2. The van der Waals surface area contributed by atoms with Crippen molar-refractivity contribution in [2.45, 2.75) is 6.42 Å². The number of fused-ring (bicyclic) bond motifs is 1. The molecule has 2 aliphatic rings. The van der Waals surface area contributed by atoms with Crippen molar-refractivity contribution < 1.29 is 9.59 Å². The van der Waals surface area contributed by atoms with Gasteiger partial charge in [0.25, 0.3) is 0 Å². The Morgan fingerprint density at radius 1 is 1.26 bits per heavy atom. The van der Waals surface area contributed by atoms with Gasteiger partial charge in [0.05, 0.1) is 6.42 Å². The van der Waals surface area contributed by atoms with Crippen molar-refractivity contribution in [3.05, 3.63) is 23.8 Å². The molecule has 6 nitrogen and oxygen atoms in total. The van der Waals surface area contributed by atoms with E-state index < -0.39 is 0 Å². The van der Waals surface area contributed by atoms with E-state index in [1.165, 1.54) is 0 Å². The molecule has 1 saturated heterocycles. The van der Waals surface area contributed by atoms with E-state index in [9.17, 15) is 9.59 Å². The zero-order chi connectivity index (χ0) is 13.2. The first kappa shape index (κ1) is 12.0. The summed E-state index contributed by atoms with van der Waals surface area (Å²) < 4.78 is 0. The number of piperazine rings is 1. The van der Waals surface area contributed by atoms with Gasteiger partial charge in [0, 0.05) is 37.6 Å². The quantitative estimate of drug-likeness (QED) is 0.693. The summed E-state index contributed by atoms with van der Waals surface area (Å²) in [7, 11) is 0. The second kappa shape index (κ2) is 4.89. The zero-order valence-corrected chi connectivity index (χ0v) is 10.5. The molecule has 1 fully saturated rings. The molecule has 2 heterocycles. The Labute approximate surface area is 111 Å². The number of hydrogen-bond acceptors (Lipinski definition) is 3. The van der Waals surface area contributed by atoms with Crippen LogP contribution in [0.15, 0.2) is 18.2 Å². The number of anilines is 2. The lowest BCUT2D eigenvalue weighted by atomic mass is 10.1. The minimum atomic E-state index is -0.0845. The molecule has 0 unspecified atom stereocenters. The van der Waals surface area contributed by atoms with Crippen LogP contribution >= 0.6 is 0 Å². The van der Waals surface area contributed by atoms with Crippen LogP contribution in [0.2, 0.25) is 0 Å². The Balaban J connectivity index is 1.68. The van der Waals surface area contributed by atoms with E-state index in [4.69, 9.17) is 0 Å². The highest BCUT2D eigenvalue weighted by Crippen LogP contribution is 2.26. The van der Waals surface area contributed by atoms with E-state index in [1.54, 1.807) is 4.90 Å². The molecular weight excluding hydrogens is 244 g/mol. The fourth-order valence-electron chi connectivity index (χ4n) is 2.38. The van der Waals surface area contributed by atoms with E-state index in [1.807, 2.05) is 18.2 Å². The average molecular weight is 260 g/mol. The van der Waals surface area contributed by atoms with Crippen LogP contribution in [0.1, 0.15) is 5.56 Å². The van der Waals surface area contributed by atoms with Crippen molar-refractivity contribution in [1.82, 2.24) is 10.2 Å². The summed E-state index contributed by atoms with van der Waals surface area (Å²) >= 11 is 0. The van der Waals surface area contributed by atoms with Crippen LogP contribution in [0, 0.1) is 0 Å². The summed E-state index contributed by atoms with van der Waals surface area (Å²) in [5.41, 5.74) is 2.51. The van der Waals surface area contributed by atoms with E-state index in [2.05, 4.69) is 16.0 Å². The van der Waals surface area contributed by atoms with Crippen LogP contribution in [0.4, 0.5) is 16.2 Å². The summed E-state index contributed by atoms with van der Waals surface area (Å²) in [6.07, 6.45) is 0.382. The smallest absolute Gasteiger partial charge is 0.321 e. The van der Waals surface area contributed by atoms with Gasteiger partial charge in [0.1, 0.15) is 0 Å². The number of rotatable bonds is 1. The maximum absolute atomic E-state index is 12.0. The topological polar surface area (TPSA) is 73.5 Å². The Bertz CT molecular complexity index is 523. The molecule has 6 heteroatoms. The molecule has 0 atom stereocenters. The lowest BCUT2D eigenvalue weighted by Gasteiger charge is -2.27. The predicted octanol–water partition coefficient (Wildman–Crippen LogP) is 0.618. The molecular formula is C13H16N4O2. The van der Waals surface area contributed by atoms with Crippen molar-refractivity contribution in [2.75, 3.05) is 36.8 Å². The van der Waals surface area contributed by atoms with Crippen LogP contribution < -0.4 is 16.0 Å². The summed E-state index contributed by atoms with van der Waals surface area (Å²) in [6.45, 7) is 3.10. The Morgan fingerprint density at radius 2 is 2.05 bits per heavy atom. The van der Waals surface area contributed by atoms with Gasteiger partial charge in [-0.2, -0.15) is 0 Å². The van der Waals surface area contributed by atoms with Gasteiger partial charge in [-0.15, -0.1) is 0 Å². The molecule has 3 N–H and O–H groups in total. The molecule has 19 heavy (non-hydrogen) atoms. The number of amides is 3. The SMILES string of the molecule is O=C1Cc2cc(NC(=O)N3CCNCC3)ccc2N1. The molecule has 0 spiro atoms. The molecule has 1 aromatic rings. The number of benzene rings is 1. The number of hydrogen-bond donors (Lipinski definition) is 3. The van der Waals surface area contributed by atoms with Gasteiger partial charge >= 0.3 is 6.03 Å². The van der Waals surface area contributed by atoms with Gasteiger partial charge in [0.2, 0.25) is 5.91 Å². The van der Waals surface area contributed by atoms with Gasteiger partial charge < -0.3 is 20.9 Å². The number of carbonyl (C=O) groups is 2. The zero-order valence-electron chi connectivity index (χ0n) is 10.5. The highest BCUT2D eigenvalue weighted by molar-refractivity contribution is 6.00. The van der Waals surface area contributed by atoms with E-state index in [-0.39, 0.29) is 11.9 Å². The molecule has 3 amide bonds. The van der Waals surface area contributed by atoms with Crippen LogP contribution in [-0.4, -0.2) is 43.0 Å². The van der Waals surface area contributed by atoms with Crippen LogP contribution in [0.3, 0.4) is 0 Å². The third-order valence-corrected chi connectivity index (χ3v) is 3.39. The first-order valence-corrected chi connectivity index (χ1v) is 6.42. The van der Waals surface area contributed by atoms with Crippen molar-refractivity contribution in [3.8, 4) is 0 Å². The van der Waals surface area contributed by atoms with Crippen molar-refractivity contribution in [1.29, 1.82) is 0 Å². The summed E-state index contributed by atoms with van der Waals surface area (Å²) in [5.74, 6) is 0.000538. The third kappa shape index (κ3) is 2.53. The van der Waals surface area contributed by atoms with Crippen molar-refractivity contribution in [3.63, 3.8) is 0 Å². The van der Waals surface area contributed by atoms with Gasteiger partial charge in [-0.05, 0) is 23.8 Å². The largest absolute Gasteiger partial charge is 0.326 e. The number of urea groups is 1. The molecule has 0 bridgehead atoms. The third-order valence-electron chi connectivity index (χ3n) is 3.39. The normalized spacial score (nSPS) is 17.9. The fraction of sp³-hybridized carbons (Fsp3) is 0.385. The van der Waals surface area contributed by atoms with Crippen LogP contribution in [0.25, 0.3) is 0 Å². The lowest BCUT2D eigenvalue weighted by Crippen LogP contribution is -2.48.